The molecule has 1 rings (SSSR count). The van der Waals surface area contributed by atoms with Crippen LogP contribution < -0.4 is 5.73 Å². The van der Waals surface area contributed by atoms with E-state index in [1.165, 1.54) is 0 Å². The van der Waals surface area contributed by atoms with Gasteiger partial charge in [0.1, 0.15) is 5.78 Å². The van der Waals surface area contributed by atoms with Crippen LogP contribution in [0.5, 0.6) is 0 Å². The van der Waals surface area contributed by atoms with E-state index in [4.69, 9.17) is 15.2 Å². The quantitative estimate of drug-likeness (QED) is 0.217. The summed E-state index contributed by atoms with van der Waals surface area (Å²) in [5.74, 6) is -0.963. The first-order valence-corrected chi connectivity index (χ1v) is 10.4. The predicted octanol–water partition coefficient (Wildman–Crippen LogP) is 1.82. The number of rotatable bonds is 15. The largest absolute Gasteiger partial charge is 0.468 e. The molecule has 1 heterocycles. The van der Waals surface area contributed by atoms with Gasteiger partial charge in [0, 0.05) is 18.4 Å². The minimum Gasteiger partial charge on any atom is -0.468 e. The summed E-state index contributed by atoms with van der Waals surface area (Å²) < 4.78 is 10.4. The number of hydrogen-bond donors (Lipinski definition) is 3. The van der Waals surface area contributed by atoms with Crippen LogP contribution in [0.15, 0.2) is 0 Å². The van der Waals surface area contributed by atoms with Gasteiger partial charge in [-0.25, -0.2) is 0 Å². The minimum atomic E-state index is -0.939. The second kappa shape index (κ2) is 10.7. The Morgan fingerprint density at radius 1 is 1.39 bits per heavy atom. The molecule has 1 saturated heterocycles. The molecular formula is C21H39NO6. The zero-order chi connectivity index (χ0) is 21.5. The molecule has 7 nitrogen and oxygen atoms in total. The number of aliphatic hydroxyl groups is 2. The highest BCUT2D eigenvalue weighted by molar-refractivity contribution is 5.87. The maximum atomic E-state index is 12.9. The van der Waals surface area contributed by atoms with Crippen molar-refractivity contribution in [2.45, 2.75) is 90.6 Å². The van der Waals surface area contributed by atoms with Crippen LogP contribution in [0.3, 0.4) is 0 Å². The smallest absolute Gasteiger partial charge is 0.293 e. The van der Waals surface area contributed by atoms with E-state index in [1.807, 2.05) is 20.8 Å². The van der Waals surface area contributed by atoms with Crippen LogP contribution in [-0.4, -0.2) is 59.5 Å². The van der Waals surface area contributed by atoms with Gasteiger partial charge in [0.2, 0.25) is 0 Å². The molecule has 0 aromatic carbocycles. The highest BCUT2D eigenvalue weighted by Gasteiger charge is 2.51. The molecule has 0 spiro atoms. The van der Waals surface area contributed by atoms with Crippen molar-refractivity contribution in [3.63, 3.8) is 0 Å². The Morgan fingerprint density at radius 2 is 2.04 bits per heavy atom. The summed E-state index contributed by atoms with van der Waals surface area (Å²) in [6.45, 7) is 10.1. The third-order valence-corrected chi connectivity index (χ3v) is 6.37. The Balaban J connectivity index is 2.51. The second-order valence-corrected chi connectivity index (χ2v) is 8.89. The van der Waals surface area contributed by atoms with E-state index in [2.05, 4.69) is 0 Å². The Kier molecular flexibility index (Phi) is 9.53. The number of nitrogens with two attached hydrogens (primary N) is 1. The van der Waals surface area contributed by atoms with Crippen LogP contribution in [0, 0.1) is 17.3 Å². The first-order valence-electron chi connectivity index (χ1n) is 10.4. The van der Waals surface area contributed by atoms with Crippen LogP contribution >= 0.6 is 0 Å². The molecule has 1 aliphatic rings. The number of carbonyl (C=O) groups excluding carboxylic acids is 2. The molecule has 0 saturated carbocycles. The third-order valence-electron chi connectivity index (χ3n) is 6.37. The van der Waals surface area contributed by atoms with Gasteiger partial charge < -0.3 is 25.4 Å². The van der Waals surface area contributed by atoms with Crippen molar-refractivity contribution in [2.75, 3.05) is 13.2 Å². The number of Topliss-reactive ketones (excluding diaryl/α,β-unsaturated/α-hetero) is 1. The number of epoxide rings is 1. The average molecular weight is 402 g/mol. The Morgan fingerprint density at radius 3 is 2.57 bits per heavy atom. The fourth-order valence-electron chi connectivity index (χ4n) is 3.99. The molecule has 28 heavy (non-hydrogen) atoms. The summed E-state index contributed by atoms with van der Waals surface area (Å²) in [5, 5.41) is 20.9. The summed E-state index contributed by atoms with van der Waals surface area (Å²) >= 11 is 0. The summed E-state index contributed by atoms with van der Waals surface area (Å²) in [6.07, 6.45) is 2.10. The second-order valence-electron chi connectivity index (χ2n) is 8.89. The lowest BCUT2D eigenvalue weighted by atomic mass is 9.72. The zero-order valence-electron chi connectivity index (χ0n) is 18.0. The van der Waals surface area contributed by atoms with Gasteiger partial charge in [-0.05, 0) is 32.1 Å². The summed E-state index contributed by atoms with van der Waals surface area (Å²) in [6, 6.07) is 0. The molecule has 0 aromatic rings. The van der Waals surface area contributed by atoms with Gasteiger partial charge in [-0.1, -0.05) is 34.1 Å². The minimum absolute atomic E-state index is 0.0594. The first-order chi connectivity index (χ1) is 13.0. The topological polar surface area (TPSA) is 122 Å². The van der Waals surface area contributed by atoms with Gasteiger partial charge in [-0.2, -0.15) is 0 Å². The van der Waals surface area contributed by atoms with E-state index in [1.54, 1.807) is 13.8 Å². The van der Waals surface area contributed by atoms with Crippen molar-refractivity contribution in [1.29, 1.82) is 0 Å². The fraction of sp³-hybridized carbons (Fsp3) is 0.905. The van der Waals surface area contributed by atoms with Gasteiger partial charge in [0.15, 0.2) is 0 Å². The van der Waals surface area contributed by atoms with Gasteiger partial charge in [0.05, 0.1) is 36.4 Å². The number of aliphatic hydroxyl groups excluding tert-OH is 2. The molecule has 0 radical (unpaired) electrons. The number of ketones is 1. The Hall–Kier alpha value is -1.02. The van der Waals surface area contributed by atoms with Gasteiger partial charge in [-0.15, -0.1) is 0 Å². The highest BCUT2D eigenvalue weighted by atomic mass is 16.6. The van der Waals surface area contributed by atoms with Crippen molar-refractivity contribution in [2.24, 2.45) is 23.0 Å². The Bertz CT molecular complexity index is 511. The molecule has 164 valence electrons. The number of ether oxygens (including phenoxy) is 2. The summed E-state index contributed by atoms with van der Waals surface area (Å²) in [4.78, 5) is 23.1. The van der Waals surface area contributed by atoms with Crippen LogP contribution in [0.2, 0.25) is 0 Å². The van der Waals surface area contributed by atoms with E-state index in [9.17, 15) is 19.8 Å². The number of carbonyl (C=O) groups is 2. The maximum absolute atomic E-state index is 12.9. The molecular weight excluding hydrogens is 362 g/mol. The molecule has 0 aromatic heterocycles. The van der Waals surface area contributed by atoms with E-state index >= 15 is 0 Å². The van der Waals surface area contributed by atoms with E-state index in [0.717, 1.165) is 19.3 Å². The lowest BCUT2D eigenvalue weighted by Gasteiger charge is -2.35. The van der Waals surface area contributed by atoms with Crippen molar-refractivity contribution < 1.29 is 29.3 Å². The highest BCUT2D eigenvalue weighted by Crippen LogP contribution is 2.43. The van der Waals surface area contributed by atoms with E-state index < -0.39 is 23.5 Å². The lowest BCUT2D eigenvalue weighted by molar-refractivity contribution is -0.142. The van der Waals surface area contributed by atoms with E-state index in [0.29, 0.717) is 25.9 Å². The van der Waals surface area contributed by atoms with Crippen molar-refractivity contribution in [3.8, 4) is 0 Å². The lowest BCUT2D eigenvalue weighted by Crippen LogP contribution is -2.48. The molecule has 1 fully saturated rings. The molecule has 0 aliphatic carbocycles. The fourth-order valence-corrected chi connectivity index (χ4v) is 3.99. The van der Waals surface area contributed by atoms with Crippen molar-refractivity contribution in [3.05, 3.63) is 0 Å². The van der Waals surface area contributed by atoms with Crippen molar-refractivity contribution >= 4 is 12.3 Å². The van der Waals surface area contributed by atoms with Crippen LogP contribution in [0.1, 0.15) is 66.7 Å². The Labute approximate surface area is 169 Å². The molecule has 0 bridgehead atoms. The van der Waals surface area contributed by atoms with Crippen molar-refractivity contribution in [1.82, 2.24) is 0 Å². The first kappa shape index (κ1) is 25.0. The average Bonchev–Trinajstić information content (AvgIpc) is 3.30. The van der Waals surface area contributed by atoms with E-state index in [-0.39, 0.29) is 30.0 Å². The van der Waals surface area contributed by atoms with Crippen LogP contribution in [0.25, 0.3) is 0 Å². The van der Waals surface area contributed by atoms with Crippen LogP contribution in [0.4, 0.5) is 0 Å². The molecule has 1 aliphatic heterocycles. The van der Waals surface area contributed by atoms with Gasteiger partial charge >= 0.3 is 0 Å². The standard InChI is InChI=1S/C21H39NO6/c1-6-16(24)20(3,4)19(26)15(12-22)18(25)14(2)8-7-10-21(5)17(28-21)9-11-27-13-23/h13-18,24-25H,6-12,22H2,1-5H3. The SMILES string of the molecule is CCC(O)C(C)(C)C(=O)C(CN)C(O)C(C)CCCC1(C)OC1CCOC=O. The molecule has 6 atom stereocenters. The molecule has 4 N–H and O–H groups in total. The van der Waals surface area contributed by atoms with Gasteiger partial charge in [-0.3, -0.25) is 9.59 Å². The molecule has 7 heteroatoms. The van der Waals surface area contributed by atoms with Gasteiger partial charge in [0.25, 0.3) is 6.47 Å². The molecule has 0 amide bonds. The predicted molar refractivity (Wildman–Crippen MR) is 107 cm³/mol. The maximum Gasteiger partial charge on any atom is 0.293 e. The zero-order valence-corrected chi connectivity index (χ0v) is 18.0. The summed E-state index contributed by atoms with van der Waals surface area (Å²) in [5.41, 5.74) is 4.68. The number of hydrogen-bond acceptors (Lipinski definition) is 7. The molecule has 6 unspecified atom stereocenters. The third kappa shape index (κ3) is 6.24. The van der Waals surface area contributed by atoms with Crippen LogP contribution in [-0.2, 0) is 19.1 Å². The monoisotopic (exact) mass is 401 g/mol. The normalized spacial score (nSPS) is 26.2. The summed E-state index contributed by atoms with van der Waals surface area (Å²) in [7, 11) is 0.